The van der Waals surface area contributed by atoms with E-state index in [-0.39, 0.29) is 5.82 Å². The Bertz CT molecular complexity index is 813. The molecule has 3 nitrogen and oxygen atoms in total. The molecule has 3 aromatic rings. The van der Waals surface area contributed by atoms with E-state index in [1.165, 1.54) is 18.3 Å². The summed E-state index contributed by atoms with van der Waals surface area (Å²) in [5, 5.41) is 14.0. The summed E-state index contributed by atoms with van der Waals surface area (Å²) in [7, 11) is 0. The number of oxime groups is 1. The van der Waals surface area contributed by atoms with Crippen molar-refractivity contribution in [2.75, 3.05) is 0 Å². The zero-order chi connectivity index (χ0) is 15.4. The lowest BCUT2D eigenvalue weighted by molar-refractivity contribution is 0.304. The molecular weight excluding hydrogens is 281 g/mol. The van der Waals surface area contributed by atoms with Gasteiger partial charge in [0.15, 0.2) is 0 Å². The largest absolute Gasteiger partial charge is 0.488 e. The number of halogens is 1. The van der Waals surface area contributed by atoms with Crippen LogP contribution in [-0.2, 0) is 6.61 Å². The van der Waals surface area contributed by atoms with Gasteiger partial charge in [-0.05, 0) is 34.5 Å². The molecular formula is C18H14FNO2. The molecule has 110 valence electrons. The third kappa shape index (κ3) is 2.91. The van der Waals surface area contributed by atoms with Gasteiger partial charge in [0.05, 0.1) is 6.21 Å². The van der Waals surface area contributed by atoms with Crippen LogP contribution in [0.25, 0.3) is 10.8 Å². The summed E-state index contributed by atoms with van der Waals surface area (Å²) in [4.78, 5) is 0. The molecule has 0 heterocycles. The first-order chi connectivity index (χ1) is 10.8. The second kappa shape index (κ2) is 6.26. The summed E-state index contributed by atoms with van der Waals surface area (Å²) in [6.07, 6.45) is 1.36. The van der Waals surface area contributed by atoms with Crippen molar-refractivity contribution in [3.63, 3.8) is 0 Å². The molecule has 0 saturated carbocycles. The first kappa shape index (κ1) is 14.1. The van der Waals surface area contributed by atoms with Crippen LogP contribution in [0.2, 0.25) is 0 Å². The maximum atomic E-state index is 12.9. The fourth-order valence-corrected chi connectivity index (χ4v) is 2.33. The van der Waals surface area contributed by atoms with Gasteiger partial charge in [0.1, 0.15) is 18.2 Å². The van der Waals surface area contributed by atoms with Gasteiger partial charge in [-0.2, -0.15) is 0 Å². The molecule has 0 unspecified atom stereocenters. The number of nitrogens with zero attached hydrogens (tertiary/aromatic N) is 1. The minimum absolute atomic E-state index is 0.275. The van der Waals surface area contributed by atoms with Gasteiger partial charge in [0.25, 0.3) is 0 Å². The second-order valence-corrected chi connectivity index (χ2v) is 4.86. The third-order valence-electron chi connectivity index (χ3n) is 3.43. The Morgan fingerprint density at radius 2 is 1.77 bits per heavy atom. The Morgan fingerprint density at radius 1 is 1.00 bits per heavy atom. The van der Waals surface area contributed by atoms with Crippen molar-refractivity contribution in [3.8, 4) is 5.75 Å². The molecule has 1 N–H and O–H groups in total. The molecule has 0 atom stereocenters. The number of hydrogen-bond donors (Lipinski definition) is 1. The van der Waals surface area contributed by atoms with Crippen LogP contribution in [0.15, 0.2) is 65.8 Å². The van der Waals surface area contributed by atoms with E-state index in [1.807, 2.05) is 36.4 Å². The van der Waals surface area contributed by atoms with Crippen molar-refractivity contribution in [1.82, 2.24) is 0 Å². The standard InChI is InChI=1S/C18H14FNO2/c19-15-8-5-13(6-9-15)12-22-18-10-7-14-3-1-2-4-16(14)17(18)11-20-21/h1-11,21H,12H2. The van der Waals surface area contributed by atoms with Crippen LogP contribution in [0.1, 0.15) is 11.1 Å². The summed E-state index contributed by atoms with van der Waals surface area (Å²) in [5.74, 6) is 0.336. The molecule has 0 bridgehead atoms. The van der Waals surface area contributed by atoms with E-state index in [4.69, 9.17) is 9.94 Å². The summed E-state index contributed by atoms with van der Waals surface area (Å²) in [5.41, 5.74) is 1.57. The van der Waals surface area contributed by atoms with Gasteiger partial charge in [-0.3, -0.25) is 0 Å². The fraction of sp³-hybridized carbons (Fsp3) is 0.0556. The molecule has 3 rings (SSSR count). The average molecular weight is 295 g/mol. The zero-order valence-corrected chi connectivity index (χ0v) is 11.7. The van der Waals surface area contributed by atoms with E-state index in [9.17, 15) is 4.39 Å². The van der Waals surface area contributed by atoms with Crippen LogP contribution in [-0.4, -0.2) is 11.4 Å². The van der Waals surface area contributed by atoms with Crippen molar-refractivity contribution in [3.05, 3.63) is 77.6 Å². The molecule has 0 aromatic heterocycles. The monoisotopic (exact) mass is 295 g/mol. The van der Waals surface area contributed by atoms with E-state index >= 15 is 0 Å². The predicted octanol–water partition coefficient (Wildman–Crippen LogP) is 4.37. The van der Waals surface area contributed by atoms with Crippen LogP contribution in [0.5, 0.6) is 5.75 Å². The Hall–Kier alpha value is -2.88. The molecule has 0 spiro atoms. The van der Waals surface area contributed by atoms with Gasteiger partial charge < -0.3 is 9.94 Å². The lowest BCUT2D eigenvalue weighted by Crippen LogP contribution is -1.99. The molecule has 22 heavy (non-hydrogen) atoms. The molecule has 0 amide bonds. The predicted molar refractivity (Wildman–Crippen MR) is 84.1 cm³/mol. The molecule has 0 aliphatic rings. The van der Waals surface area contributed by atoms with Crippen LogP contribution >= 0.6 is 0 Å². The zero-order valence-electron chi connectivity index (χ0n) is 11.7. The maximum absolute atomic E-state index is 12.9. The number of fused-ring (bicyclic) bond motifs is 1. The maximum Gasteiger partial charge on any atom is 0.129 e. The Labute approximate surface area is 127 Å². The average Bonchev–Trinajstić information content (AvgIpc) is 2.56. The number of hydrogen-bond acceptors (Lipinski definition) is 3. The Balaban J connectivity index is 1.92. The van der Waals surface area contributed by atoms with E-state index in [0.29, 0.717) is 17.9 Å². The highest BCUT2D eigenvalue weighted by atomic mass is 19.1. The van der Waals surface area contributed by atoms with Crippen LogP contribution in [0, 0.1) is 5.82 Å². The van der Waals surface area contributed by atoms with Crippen molar-refractivity contribution in [2.24, 2.45) is 5.16 Å². The molecule has 0 saturated heterocycles. The minimum atomic E-state index is -0.275. The summed E-state index contributed by atoms with van der Waals surface area (Å²) >= 11 is 0. The summed E-state index contributed by atoms with van der Waals surface area (Å²) in [6, 6.07) is 17.7. The highest BCUT2D eigenvalue weighted by Crippen LogP contribution is 2.27. The van der Waals surface area contributed by atoms with Gasteiger partial charge in [-0.25, -0.2) is 4.39 Å². The van der Waals surface area contributed by atoms with Gasteiger partial charge in [0.2, 0.25) is 0 Å². The van der Waals surface area contributed by atoms with Crippen LogP contribution in [0.3, 0.4) is 0 Å². The topological polar surface area (TPSA) is 41.8 Å². The van der Waals surface area contributed by atoms with Crippen LogP contribution < -0.4 is 4.74 Å². The first-order valence-corrected chi connectivity index (χ1v) is 6.84. The quantitative estimate of drug-likeness (QED) is 0.441. The molecule has 3 aromatic carbocycles. The normalized spacial score (nSPS) is 11.1. The fourth-order valence-electron chi connectivity index (χ4n) is 2.33. The highest BCUT2D eigenvalue weighted by Gasteiger charge is 2.07. The molecule has 0 aliphatic heterocycles. The van der Waals surface area contributed by atoms with Crippen molar-refractivity contribution < 1.29 is 14.3 Å². The first-order valence-electron chi connectivity index (χ1n) is 6.84. The van der Waals surface area contributed by atoms with Gasteiger partial charge in [-0.1, -0.05) is 47.6 Å². The molecule has 0 radical (unpaired) electrons. The van der Waals surface area contributed by atoms with Crippen LogP contribution in [0.4, 0.5) is 4.39 Å². The van der Waals surface area contributed by atoms with E-state index in [0.717, 1.165) is 16.3 Å². The lowest BCUT2D eigenvalue weighted by atomic mass is 10.0. The third-order valence-corrected chi connectivity index (χ3v) is 3.43. The number of rotatable bonds is 4. The van der Waals surface area contributed by atoms with Crippen molar-refractivity contribution in [2.45, 2.75) is 6.61 Å². The van der Waals surface area contributed by atoms with Gasteiger partial charge in [0, 0.05) is 5.56 Å². The molecule has 0 aliphatic carbocycles. The van der Waals surface area contributed by atoms with Crippen molar-refractivity contribution in [1.29, 1.82) is 0 Å². The summed E-state index contributed by atoms with van der Waals surface area (Å²) < 4.78 is 18.7. The SMILES string of the molecule is ON=Cc1c(OCc2ccc(F)cc2)ccc2ccccc12. The number of ether oxygens (including phenoxy) is 1. The van der Waals surface area contributed by atoms with E-state index in [1.54, 1.807) is 12.1 Å². The lowest BCUT2D eigenvalue weighted by Gasteiger charge is -2.11. The van der Waals surface area contributed by atoms with Crippen molar-refractivity contribution >= 4 is 17.0 Å². The Kier molecular flexibility index (Phi) is 4.01. The number of benzene rings is 3. The van der Waals surface area contributed by atoms with Gasteiger partial charge in [-0.15, -0.1) is 0 Å². The van der Waals surface area contributed by atoms with E-state index in [2.05, 4.69) is 5.16 Å². The Morgan fingerprint density at radius 3 is 2.55 bits per heavy atom. The molecule has 0 fully saturated rings. The molecule has 4 heteroatoms. The summed E-state index contributed by atoms with van der Waals surface area (Å²) in [6.45, 7) is 0.310. The minimum Gasteiger partial charge on any atom is -0.488 e. The highest BCUT2D eigenvalue weighted by molar-refractivity contribution is 6.02. The van der Waals surface area contributed by atoms with Gasteiger partial charge >= 0.3 is 0 Å². The second-order valence-electron chi connectivity index (χ2n) is 4.86. The van der Waals surface area contributed by atoms with E-state index < -0.39 is 0 Å². The smallest absolute Gasteiger partial charge is 0.129 e.